The number of hydrazine groups is 1. The first-order chi connectivity index (χ1) is 5.86. The van der Waals surface area contributed by atoms with Crippen LogP contribution in [-0.4, -0.2) is 17.2 Å². The molecule has 0 amide bonds. The Kier molecular flexibility index (Phi) is 2.05. The molecule has 0 aliphatic carbocycles. The van der Waals surface area contributed by atoms with Crippen molar-refractivity contribution < 1.29 is 0 Å². The highest BCUT2D eigenvalue weighted by molar-refractivity contribution is 9.10. The normalized spacial score (nSPS) is 15.6. The highest BCUT2D eigenvalue weighted by Gasteiger charge is 2.09. The summed E-state index contributed by atoms with van der Waals surface area (Å²) in [7, 11) is 0. The predicted octanol–water partition coefficient (Wildman–Crippen LogP) is 0.656. The minimum absolute atomic E-state index is 0.712. The van der Waals surface area contributed by atoms with Crippen LogP contribution < -0.4 is 11.0 Å². The summed E-state index contributed by atoms with van der Waals surface area (Å²) in [5.41, 5.74) is 7.37. The van der Waals surface area contributed by atoms with E-state index in [-0.39, 0.29) is 0 Å². The van der Waals surface area contributed by atoms with E-state index in [1.807, 2.05) is 18.2 Å². The van der Waals surface area contributed by atoms with Crippen molar-refractivity contribution in [1.82, 2.24) is 15.9 Å². The van der Waals surface area contributed by atoms with E-state index in [9.17, 15) is 0 Å². The highest BCUT2D eigenvalue weighted by Crippen LogP contribution is 2.07. The first-order valence-electron chi connectivity index (χ1n) is 3.53. The van der Waals surface area contributed by atoms with Crippen LogP contribution in [0.3, 0.4) is 0 Å². The maximum Gasteiger partial charge on any atom is 0.106 e. The van der Waals surface area contributed by atoms with E-state index in [1.165, 1.54) is 0 Å². The predicted molar refractivity (Wildman–Crippen MR) is 49.6 cm³/mol. The zero-order valence-electron chi connectivity index (χ0n) is 6.21. The van der Waals surface area contributed by atoms with Crippen LogP contribution in [0.15, 0.2) is 27.9 Å². The van der Waals surface area contributed by atoms with Gasteiger partial charge in [-0.1, -0.05) is 6.07 Å². The number of pyridine rings is 1. The number of aromatic nitrogens is 1. The molecule has 0 aromatic carbocycles. The quantitative estimate of drug-likeness (QED) is 0.692. The van der Waals surface area contributed by atoms with Crippen molar-refractivity contribution in [2.24, 2.45) is 5.10 Å². The van der Waals surface area contributed by atoms with E-state index >= 15 is 0 Å². The molecule has 0 fully saturated rings. The molecule has 0 saturated heterocycles. The van der Waals surface area contributed by atoms with Gasteiger partial charge in [-0.05, 0) is 28.1 Å². The van der Waals surface area contributed by atoms with Crippen LogP contribution in [0.1, 0.15) is 5.69 Å². The van der Waals surface area contributed by atoms with Gasteiger partial charge in [0.15, 0.2) is 0 Å². The third kappa shape index (κ3) is 1.46. The second-order valence-electron chi connectivity index (χ2n) is 2.37. The largest absolute Gasteiger partial charge is 0.242 e. The molecule has 62 valence electrons. The number of halogens is 1. The first kappa shape index (κ1) is 7.70. The fraction of sp³-hybridized carbons (Fsp3) is 0.143. The van der Waals surface area contributed by atoms with Gasteiger partial charge in [0.1, 0.15) is 10.3 Å². The van der Waals surface area contributed by atoms with Gasteiger partial charge in [0.2, 0.25) is 0 Å². The number of hydrazone groups is 1. The SMILES string of the molecule is Brc1cccc(C2=NNNC2)n1. The van der Waals surface area contributed by atoms with Crippen molar-refractivity contribution in [2.45, 2.75) is 0 Å². The molecule has 2 N–H and O–H groups in total. The van der Waals surface area contributed by atoms with Gasteiger partial charge >= 0.3 is 0 Å². The average molecular weight is 227 g/mol. The van der Waals surface area contributed by atoms with Gasteiger partial charge in [0, 0.05) is 0 Å². The average Bonchev–Trinajstić information content (AvgIpc) is 2.56. The summed E-state index contributed by atoms with van der Waals surface area (Å²) >= 11 is 3.30. The second-order valence-corrected chi connectivity index (χ2v) is 3.18. The van der Waals surface area contributed by atoms with Gasteiger partial charge in [0.25, 0.3) is 0 Å². The molecule has 0 spiro atoms. The molecule has 1 aromatic rings. The van der Waals surface area contributed by atoms with E-state index in [0.717, 1.165) is 16.0 Å². The van der Waals surface area contributed by atoms with Crippen LogP contribution >= 0.6 is 15.9 Å². The highest BCUT2D eigenvalue weighted by atomic mass is 79.9. The Morgan fingerprint density at radius 3 is 3.00 bits per heavy atom. The minimum Gasteiger partial charge on any atom is -0.242 e. The van der Waals surface area contributed by atoms with Gasteiger partial charge in [-0.2, -0.15) is 5.10 Å². The van der Waals surface area contributed by atoms with Crippen LogP contribution in [-0.2, 0) is 0 Å². The molecule has 0 radical (unpaired) electrons. The van der Waals surface area contributed by atoms with Crippen LogP contribution in [0.2, 0.25) is 0 Å². The van der Waals surface area contributed by atoms with Crippen molar-refractivity contribution in [3.8, 4) is 0 Å². The topological polar surface area (TPSA) is 49.3 Å². The number of hydrogen-bond donors (Lipinski definition) is 2. The van der Waals surface area contributed by atoms with E-state index < -0.39 is 0 Å². The fourth-order valence-electron chi connectivity index (χ4n) is 0.987. The van der Waals surface area contributed by atoms with Gasteiger partial charge in [-0.25, -0.2) is 15.9 Å². The molecule has 1 aliphatic heterocycles. The van der Waals surface area contributed by atoms with E-state index in [0.29, 0.717) is 6.54 Å². The summed E-state index contributed by atoms with van der Waals surface area (Å²) in [4.78, 5) is 4.26. The van der Waals surface area contributed by atoms with E-state index in [4.69, 9.17) is 0 Å². The lowest BCUT2D eigenvalue weighted by Gasteiger charge is -1.96. The molecule has 5 heteroatoms. The molecule has 2 heterocycles. The minimum atomic E-state index is 0.712. The summed E-state index contributed by atoms with van der Waals surface area (Å²) in [6, 6.07) is 5.76. The first-order valence-corrected chi connectivity index (χ1v) is 4.33. The summed E-state index contributed by atoms with van der Waals surface area (Å²) in [5, 5.41) is 4.02. The Morgan fingerprint density at radius 1 is 1.42 bits per heavy atom. The number of rotatable bonds is 1. The third-order valence-corrected chi connectivity index (χ3v) is 1.98. The van der Waals surface area contributed by atoms with Gasteiger partial charge in [-0.15, -0.1) is 0 Å². The van der Waals surface area contributed by atoms with Gasteiger partial charge in [-0.3, -0.25) is 0 Å². The zero-order valence-corrected chi connectivity index (χ0v) is 7.80. The van der Waals surface area contributed by atoms with Crippen LogP contribution in [0.25, 0.3) is 0 Å². The number of nitrogens with one attached hydrogen (secondary N) is 2. The smallest absolute Gasteiger partial charge is 0.106 e. The molecular formula is C7H7BrN4. The zero-order chi connectivity index (χ0) is 8.39. The Morgan fingerprint density at radius 2 is 2.33 bits per heavy atom. The molecule has 1 aliphatic rings. The lowest BCUT2D eigenvalue weighted by molar-refractivity contribution is 0.653. The molecule has 12 heavy (non-hydrogen) atoms. The van der Waals surface area contributed by atoms with Crippen molar-refractivity contribution in [1.29, 1.82) is 0 Å². The number of nitrogens with zero attached hydrogens (tertiary/aromatic N) is 2. The van der Waals surface area contributed by atoms with Gasteiger partial charge in [0.05, 0.1) is 12.2 Å². The van der Waals surface area contributed by atoms with E-state index in [1.54, 1.807) is 0 Å². The standard InChI is InChI=1S/C7H7BrN4/c8-7-3-1-2-5(10-7)6-4-9-12-11-6/h1-3,9,12H,4H2. The molecule has 2 rings (SSSR count). The molecule has 1 aromatic heterocycles. The van der Waals surface area contributed by atoms with Gasteiger partial charge < -0.3 is 0 Å². The Hall–Kier alpha value is -0.940. The summed E-state index contributed by atoms with van der Waals surface area (Å²) in [6.07, 6.45) is 0. The molecular weight excluding hydrogens is 220 g/mol. The summed E-state index contributed by atoms with van der Waals surface area (Å²) < 4.78 is 0.828. The van der Waals surface area contributed by atoms with Crippen LogP contribution in [0.5, 0.6) is 0 Å². The lowest BCUT2D eigenvalue weighted by atomic mass is 10.2. The monoisotopic (exact) mass is 226 g/mol. The van der Waals surface area contributed by atoms with Crippen molar-refractivity contribution in [3.63, 3.8) is 0 Å². The Labute approximate surface area is 78.2 Å². The maximum atomic E-state index is 4.26. The molecule has 0 saturated carbocycles. The fourth-order valence-corrected chi connectivity index (χ4v) is 1.33. The molecule has 0 atom stereocenters. The Bertz CT molecular complexity index is 323. The Balaban J connectivity index is 2.33. The lowest BCUT2D eigenvalue weighted by Crippen LogP contribution is -2.22. The second kappa shape index (κ2) is 3.20. The third-order valence-electron chi connectivity index (χ3n) is 1.54. The summed E-state index contributed by atoms with van der Waals surface area (Å²) in [6.45, 7) is 0.712. The van der Waals surface area contributed by atoms with Crippen LogP contribution in [0, 0.1) is 0 Å². The maximum absolute atomic E-state index is 4.26. The number of hydrogen-bond acceptors (Lipinski definition) is 4. The molecule has 0 unspecified atom stereocenters. The molecule has 4 nitrogen and oxygen atoms in total. The molecule has 0 bridgehead atoms. The van der Waals surface area contributed by atoms with Crippen molar-refractivity contribution >= 4 is 21.6 Å². The van der Waals surface area contributed by atoms with E-state index in [2.05, 4.69) is 37.0 Å². The van der Waals surface area contributed by atoms with Crippen molar-refractivity contribution in [2.75, 3.05) is 6.54 Å². The summed E-state index contributed by atoms with van der Waals surface area (Å²) in [5.74, 6) is 0. The van der Waals surface area contributed by atoms with Crippen LogP contribution in [0.4, 0.5) is 0 Å². The van der Waals surface area contributed by atoms with Crippen molar-refractivity contribution in [3.05, 3.63) is 28.5 Å².